The quantitative estimate of drug-likeness (QED) is 0.256. The van der Waals surface area contributed by atoms with Crippen molar-refractivity contribution in [3.8, 4) is 0 Å². The molecule has 44 heavy (non-hydrogen) atoms. The average Bonchev–Trinajstić information content (AvgIpc) is 3.29. The van der Waals surface area contributed by atoms with Crippen molar-refractivity contribution in [2.45, 2.75) is 139 Å². The summed E-state index contributed by atoms with van der Waals surface area (Å²) in [5, 5.41) is 0. The Kier molecular flexibility index (Phi) is 9.29. The van der Waals surface area contributed by atoms with Crippen LogP contribution >= 0.6 is 0 Å². The van der Waals surface area contributed by atoms with Gasteiger partial charge in [-0.05, 0) is 153 Å². The standard InChI is InChI=1S/C37H55NO2.2C2H6/c1-8-40-33(39)31-25-19-22(20-26(25)31)27-12-15-36(7)29(34(27,4)5)14-16-35(6)28-13-18-37(38)17-11-23(21(2)3)32(37)24(28)9-10-30(35)36;2*1-2/h12,19,23-26,28-32H,2,8-11,13-18,20,38H2,1,3-7H3;2*1-2H3/t23-,24?,25?,26?,28?,29?,30?,31?,32+,35?,36?,37?;;/m0../s1. The Balaban J connectivity index is 0.000000924. The fourth-order valence-electron chi connectivity index (χ4n) is 13.2. The summed E-state index contributed by atoms with van der Waals surface area (Å²) in [6.45, 7) is 27.7. The molecule has 7 rings (SSSR count). The summed E-state index contributed by atoms with van der Waals surface area (Å²) >= 11 is 0. The summed E-state index contributed by atoms with van der Waals surface area (Å²) in [7, 11) is 0. The Morgan fingerprint density at radius 3 is 2.23 bits per heavy atom. The fraction of sp³-hybridized carbons (Fsp3) is 0.829. The van der Waals surface area contributed by atoms with Crippen LogP contribution in [0.25, 0.3) is 0 Å². The van der Waals surface area contributed by atoms with E-state index in [-0.39, 0.29) is 22.8 Å². The normalized spacial score (nSPS) is 47.3. The lowest BCUT2D eigenvalue weighted by atomic mass is 9.36. The minimum atomic E-state index is 0.0289. The first kappa shape index (κ1) is 34.0. The Morgan fingerprint density at radius 1 is 0.932 bits per heavy atom. The number of esters is 1. The van der Waals surface area contributed by atoms with Crippen molar-refractivity contribution in [1.82, 2.24) is 0 Å². The number of ether oxygens (including phenoxy) is 1. The number of rotatable bonds is 4. The molecule has 0 bridgehead atoms. The average molecular weight is 606 g/mol. The number of carbonyl (C=O) groups excluding carboxylic acids is 1. The highest BCUT2D eigenvalue weighted by atomic mass is 16.5. The molecular weight excluding hydrogens is 538 g/mol. The van der Waals surface area contributed by atoms with Crippen LogP contribution in [0.5, 0.6) is 0 Å². The van der Waals surface area contributed by atoms with Gasteiger partial charge in [0.1, 0.15) is 0 Å². The number of hydrogen-bond acceptors (Lipinski definition) is 3. The predicted molar refractivity (Wildman–Crippen MR) is 185 cm³/mol. The molecule has 12 atom stereocenters. The zero-order valence-corrected chi connectivity index (χ0v) is 30.2. The van der Waals surface area contributed by atoms with Crippen LogP contribution in [0.1, 0.15) is 133 Å². The Morgan fingerprint density at radius 2 is 1.61 bits per heavy atom. The molecule has 5 saturated carbocycles. The van der Waals surface area contributed by atoms with Crippen molar-refractivity contribution in [3.05, 3.63) is 35.5 Å². The Bertz CT molecular complexity index is 1180. The molecule has 0 aromatic heterocycles. The monoisotopic (exact) mass is 606 g/mol. The molecular formula is C41H67NO2. The second-order valence-electron chi connectivity index (χ2n) is 16.8. The molecule has 0 amide bonds. The summed E-state index contributed by atoms with van der Waals surface area (Å²) in [5.74, 6) is 5.48. The summed E-state index contributed by atoms with van der Waals surface area (Å²) in [6.07, 6.45) is 18.0. The van der Waals surface area contributed by atoms with E-state index in [1.54, 1.807) is 11.1 Å². The van der Waals surface area contributed by atoms with Gasteiger partial charge < -0.3 is 10.5 Å². The third-order valence-corrected chi connectivity index (χ3v) is 14.8. The molecule has 3 heteroatoms. The van der Waals surface area contributed by atoms with Crippen molar-refractivity contribution in [3.63, 3.8) is 0 Å². The maximum atomic E-state index is 12.4. The van der Waals surface area contributed by atoms with Crippen LogP contribution in [0.3, 0.4) is 0 Å². The molecule has 10 unspecified atom stereocenters. The topological polar surface area (TPSA) is 52.3 Å². The number of fused-ring (bicyclic) bond motifs is 8. The molecule has 248 valence electrons. The highest BCUT2D eigenvalue weighted by Crippen LogP contribution is 2.73. The third-order valence-electron chi connectivity index (χ3n) is 14.8. The van der Waals surface area contributed by atoms with E-state index < -0.39 is 0 Å². The van der Waals surface area contributed by atoms with E-state index in [2.05, 4.69) is 53.3 Å². The van der Waals surface area contributed by atoms with Crippen molar-refractivity contribution in [1.29, 1.82) is 0 Å². The van der Waals surface area contributed by atoms with E-state index in [1.165, 1.54) is 63.4 Å². The molecule has 0 heterocycles. The van der Waals surface area contributed by atoms with Crippen LogP contribution in [-0.2, 0) is 9.53 Å². The number of allylic oxidation sites excluding steroid dienone is 5. The molecule has 2 N–H and O–H groups in total. The summed E-state index contributed by atoms with van der Waals surface area (Å²) in [6, 6.07) is 0. The van der Waals surface area contributed by atoms with Gasteiger partial charge in [0.25, 0.3) is 0 Å². The second-order valence-corrected chi connectivity index (χ2v) is 16.8. The highest BCUT2D eigenvalue weighted by molar-refractivity contribution is 5.78. The van der Waals surface area contributed by atoms with Gasteiger partial charge in [-0.1, -0.05) is 79.7 Å². The maximum absolute atomic E-state index is 12.4. The number of carbonyl (C=O) groups is 1. The van der Waals surface area contributed by atoms with Gasteiger partial charge in [-0.3, -0.25) is 4.79 Å². The number of nitrogens with two attached hydrogens (primary N) is 1. The van der Waals surface area contributed by atoms with Crippen LogP contribution in [0.15, 0.2) is 35.5 Å². The Hall–Kier alpha value is -1.35. The first-order valence-corrected chi connectivity index (χ1v) is 18.9. The van der Waals surface area contributed by atoms with Crippen LogP contribution in [-0.4, -0.2) is 18.1 Å². The van der Waals surface area contributed by atoms with Crippen molar-refractivity contribution >= 4 is 5.97 Å². The first-order valence-electron chi connectivity index (χ1n) is 18.9. The largest absolute Gasteiger partial charge is 0.466 e. The molecule has 0 saturated heterocycles. The van der Waals surface area contributed by atoms with Gasteiger partial charge >= 0.3 is 5.97 Å². The van der Waals surface area contributed by atoms with Crippen molar-refractivity contribution in [2.24, 2.45) is 75.2 Å². The zero-order chi connectivity index (χ0) is 32.4. The van der Waals surface area contributed by atoms with E-state index in [9.17, 15) is 4.79 Å². The van der Waals surface area contributed by atoms with E-state index in [1.807, 2.05) is 34.6 Å². The summed E-state index contributed by atoms with van der Waals surface area (Å²) in [5.41, 5.74) is 12.8. The SMILES string of the molecule is C=C(C)[C@@H]1CCC2(N)CCC3C(CCC4C3(C)CCC3C(C)(C)C(C5=CC6C(C5)C6C(=O)OCC)=CCC34C)[C@@H]12.CC.CC. The lowest BCUT2D eigenvalue weighted by molar-refractivity contribution is -0.175. The van der Waals surface area contributed by atoms with Crippen LogP contribution in [0.2, 0.25) is 0 Å². The molecule has 7 aliphatic carbocycles. The maximum Gasteiger partial charge on any atom is 0.309 e. The third kappa shape index (κ3) is 4.86. The highest BCUT2D eigenvalue weighted by Gasteiger charge is 2.66. The van der Waals surface area contributed by atoms with Crippen LogP contribution in [0.4, 0.5) is 0 Å². The van der Waals surface area contributed by atoms with Gasteiger partial charge in [-0.25, -0.2) is 0 Å². The second kappa shape index (κ2) is 12.0. The molecule has 7 aliphatic rings. The van der Waals surface area contributed by atoms with E-state index in [4.69, 9.17) is 10.5 Å². The summed E-state index contributed by atoms with van der Waals surface area (Å²) in [4.78, 5) is 12.4. The molecule has 0 spiro atoms. The van der Waals surface area contributed by atoms with Gasteiger partial charge in [-0.2, -0.15) is 0 Å². The molecule has 0 radical (unpaired) electrons. The van der Waals surface area contributed by atoms with Crippen LogP contribution in [0, 0.1) is 69.5 Å². The van der Waals surface area contributed by atoms with E-state index in [0.717, 1.165) is 30.1 Å². The molecule has 0 aliphatic heterocycles. The first-order chi connectivity index (χ1) is 20.9. The minimum absolute atomic E-state index is 0.0289. The van der Waals surface area contributed by atoms with E-state index >= 15 is 0 Å². The van der Waals surface area contributed by atoms with Gasteiger partial charge in [0.2, 0.25) is 0 Å². The molecule has 5 fully saturated rings. The molecule has 0 aromatic carbocycles. The molecule has 0 aromatic rings. The Labute approximate surface area is 271 Å². The zero-order valence-electron chi connectivity index (χ0n) is 30.2. The smallest absolute Gasteiger partial charge is 0.309 e. The van der Waals surface area contributed by atoms with Gasteiger partial charge in [-0.15, -0.1) is 0 Å². The van der Waals surface area contributed by atoms with Gasteiger partial charge in [0.15, 0.2) is 0 Å². The van der Waals surface area contributed by atoms with E-state index in [0.29, 0.717) is 41.1 Å². The van der Waals surface area contributed by atoms with Crippen molar-refractivity contribution in [2.75, 3.05) is 6.61 Å². The number of hydrogen-bond donors (Lipinski definition) is 1. The summed E-state index contributed by atoms with van der Waals surface area (Å²) < 4.78 is 5.36. The van der Waals surface area contributed by atoms with Gasteiger partial charge in [0, 0.05) is 5.54 Å². The van der Waals surface area contributed by atoms with Crippen molar-refractivity contribution < 1.29 is 9.53 Å². The predicted octanol–water partition coefficient (Wildman–Crippen LogP) is 10.3. The fourth-order valence-corrected chi connectivity index (χ4v) is 13.2. The van der Waals surface area contributed by atoms with Crippen LogP contribution < -0.4 is 5.73 Å². The lowest BCUT2D eigenvalue weighted by Crippen LogP contribution is -2.63. The molecule has 3 nitrogen and oxygen atoms in total. The minimum Gasteiger partial charge on any atom is -0.466 e. The van der Waals surface area contributed by atoms with Gasteiger partial charge in [0.05, 0.1) is 12.5 Å². The lowest BCUT2D eigenvalue weighted by Gasteiger charge is -2.68.